The van der Waals surface area contributed by atoms with Gasteiger partial charge in [-0.05, 0) is 55.7 Å². The standard InChI is InChI=1S/C22H27Cl2NO3/c1-12(2)15-7-5-13(3)9-19(15)28-20(26)11-27-22-18(24)10-17(23)16-8-6-14(4)25-21(16)22/h6,8,10,12-13,15,19H,5,7,9,11H2,1-4H3. The van der Waals surface area contributed by atoms with Gasteiger partial charge in [0.05, 0.1) is 10.0 Å². The minimum atomic E-state index is -0.378. The van der Waals surface area contributed by atoms with Gasteiger partial charge in [-0.1, -0.05) is 50.4 Å². The molecule has 1 heterocycles. The average molecular weight is 424 g/mol. The van der Waals surface area contributed by atoms with Crippen LogP contribution in [0.3, 0.4) is 0 Å². The molecule has 2 aromatic rings. The molecule has 0 spiro atoms. The lowest BCUT2D eigenvalue weighted by Gasteiger charge is -2.36. The number of rotatable bonds is 5. The molecule has 1 aliphatic rings. The Bertz CT molecular complexity index is 868. The van der Waals surface area contributed by atoms with E-state index in [-0.39, 0.29) is 18.7 Å². The number of esters is 1. The largest absolute Gasteiger partial charge is 0.478 e. The number of aromatic nitrogens is 1. The predicted octanol–water partition coefficient (Wildman–Crippen LogP) is 6.23. The van der Waals surface area contributed by atoms with Crippen molar-refractivity contribution in [2.24, 2.45) is 17.8 Å². The van der Waals surface area contributed by atoms with Crippen molar-refractivity contribution in [1.82, 2.24) is 4.98 Å². The SMILES string of the molecule is Cc1ccc2c(Cl)cc(Cl)c(OCC(=O)OC3CC(C)CCC3C(C)C)c2n1. The van der Waals surface area contributed by atoms with Crippen molar-refractivity contribution in [3.63, 3.8) is 0 Å². The van der Waals surface area contributed by atoms with E-state index in [2.05, 4.69) is 25.8 Å². The number of fused-ring (bicyclic) bond motifs is 1. The van der Waals surface area contributed by atoms with Gasteiger partial charge in [0, 0.05) is 11.1 Å². The van der Waals surface area contributed by atoms with Gasteiger partial charge >= 0.3 is 5.97 Å². The van der Waals surface area contributed by atoms with Crippen LogP contribution in [0.2, 0.25) is 10.0 Å². The summed E-state index contributed by atoms with van der Waals surface area (Å²) in [6.07, 6.45) is 3.12. The fourth-order valence-corrected chi connectivity index (χ4v) is 4.58. The number of pyridine rings is 1. The van der Waals surface area contributed by atoms with E-state index in [4.69, 9.17) is 32.7 Å². The van der Waals surface area contributed by atoms with E-state index in [1.165, 1.54) is 6.42 Å². The van der Waals surface area contributed by atoms with Gasteiger partial charge in [-0.15, -0.1) is 0 Å². The fourth-order valence-electron chi connectivity index (χ4n) is 4.01. The molecule has 1 aliphatic carbocycles. The Morgan fingerprint density at radius 2 is 2.00 bits per heavy atom. The van der Waals surface area contributed by atoms with Gasteiger partial charge in [0.25, 0.3) is 0 Å². The number of hydrogen-bond donors (Lipinski definition) is 0. The fraction of sp³-hybridized carbons (Fsp3) is 0.545. The van der Waals surface area contributed by atoms with Gasteiger partial charge in [0.15, 0.2) is 12.4 Å². The first kappa shape index (κ1) is 21.2. The van der Waals surface area contributed by atoms with Crippen LogP contribution in [0.1, 0.15) is 45.7 Å². The molecular weight excluding hydrogens is 397 g/mol. The second-order valence-corrected chi connectivity index (χ2v) is 8.98. The molecule has 4 nitrogen and oxygen atoms in total. The zero-order valence-corrected chi connectivity index (χ0v) is 18.3. The zero-order chi connectivity index (χ0) is 20.4. The van der Waals surface area contributed by atoms with Crippen LogP contribution in [-0.4, -0.2) is 23.7 Å². The molecule has 3 rings (SSSR count). The Morgan fingerprint density at radius 1 is 1.25 bits per heavy atom. The minimum Gasteiger partial charge on any atom is -0.478 e. The van der Waals surface area contributed by atoms with Crippen molar-refractivity contribution in [2.45, 2.75) is 53.1 Å². The number of carbonyl (C=O) groups excluding carboxylic acids is 1. The van der Waals surface area contributed by atoms with E-state index in [9.17, 15) is 4.79 Å². The van der Waals surface area contributed by atoms with Crippen LogP contribution in [0.5, 0.6) is 5.75 Å². The molecule has 6 heteroatoms. The topological polar surface area (TPSA) is 48.4 Å². The van der Waals surface area contributed by atoms with E-state index < -0.39 is 0 Å². The van der Waals surface area contributed by atoms with Gasteiger partial charge in [-0.3, -0.25) is 0 Å². The molecule has 28 heavy (non-hydrogen) atoms. The van der Waals surface area contributed by atoms with E-state index in [0.717, 1.165) is 23.9 Å². The number of halogens is 2. The first-order chi connectivity index (χ1) is 13.3. The normalized spacial score (nSPS) is 22.5. The highest BCUT2D eigenvalue weighted by Gasteiger charge is 2.33. The number of hydrogen-bond acceptors (Lipinski definition) is 4. The van der Waals surface area contributed by atoms with E-state index in [0.29, 0.717) is 39.1 Å². The average Bonchev–Trinajstić information content (AvgIpc) is 2.61. The van der Waals surface area contributed by atoms with Crippen molar-refractivity contribution < 1.29 is 14.3 Å². The molecule has 0 aliphatic heterocycles. The number of aryl methyl sites for hydroxylation is 1. The minimum absolute atomic E-state index is 0.0577. The Balaban J connectivity index is 1.73. The summed E-state index contributed by atoms with van der Waals surface area (Å²) in [5, 5.41) is 1.56. The van der Waals surface area contributed by atoms with Crippen molar-refractivity contribution in [3.8, 4) is 5.75 Å². The Kier molecular flexibility index (Phi) is 6.72. The van der Waals surface area contributed by atoms with Crippen LogP contribution in [0.25, 0.3) is 10.9 Å². The van der Waals surface area contributed by atoms with Crippen LogP contribution < -0.4 is 4.74 Å². The summed E-state index contributed by atoms with van der Waals surface area (Å²) in [6.45, 7) is 8.25. The molecular formula is C22H27Cl2NO3. The van der Waals surface area contributed by atoms with Crippen LogP contribution >= 0.6 is 23.2 Å². The lowest BCUT2D eigenvalue weighted by Crippen LogP contribution is -2.37. The molecule has 0 radical (unpaired) electrons. The van der Waals surface area contributed by atoms with Crippen LogP contribution in [0.15, 0.2) is 18.2 Å². The molecule has 0 N–H and O–H groups in total. The molecule has 152 valence electrons. The molecule has 1 saturated carbocycles. The van der Waals surface area contributed by atoms with Crippen LogP contribution in [-0.2, 0) is 9.53 Å². The quantitative estimate of drug-likeness (QED) is 0.534. The van der Waals surface area contributed by atoms with Gasteiger partial charge in [0.2, 0.25) is 0 Å². The third kappa shape index (κ3) is 4.72. The second kappa shape index (κ2) is 8.87. The van der Waals surface area contributed by atoms with Gasteiger partial charge in [0.1, 0.15) is 11.6 Å². The highest BCUT2D eigenvalue weighted by molar-refractivity contribution is 6.39. The third-order valence-corrected chi connectivity index (χ3v) is 6.15. The summed E-state index contributed by atoms with van der Waals surface area (Å²) in [4.78, 5) is 17.0. The van der Waals surface area contributed by atoms with Crippen molar-refractivity contribution in [2.75, 3.05) is 6.61 Å². The summed E-state index contributed by atoms with van der Waals surface area (Å²) < 4.78 is 11.6. The lowest BCUT2D eigenvalue weighted by molar-refractivity contribution is -0.158. The molecule has 0 bridgehead atoms. The van der Waals surface area contributed by atoms with Crippen LogP contribution in [0, 0.1) is 24.7 Å². The number of carbonyl (C=O) groups is 1. The summed E-state index contributed by atoms with van der Waals surface area (Å²) in [6, 6.07) is 5.36. The summed E-state index contributed by atoms with van der Waals surface area (Å²) in [7, 11) is 0. The lowest BCUT2D eigenvalue weighted by atomic mass is 9.75. The smallest absolute Gasteiger partial charge is 0.344 e. The highest BCUT2D eigenvalue weighted by Crippen LogP contribution is 2.38. The van der Waals surface area contributed by atoms with E-state index in [1.807, 2.05) is 19.1 Å². The Hall–Kier alpha value is -1.52. The molecule has 3 unspecified atom stereocenters. The molecule has 1 aromatic carbocycles. The predicted molar refractivity (Wildman–Crippen MR) is 113 cm³/mol. The number of benzene rings is 1. The Morgan fingerprint density at radius 3 is 2.71 bits per heavy atom. The highest BCUT2D eigenvalue weighted by atomic mass is 35.5. The summed E-state index contributed by atoms with van der Waals surface area (Å²) in [5.41, 5.74) is 1.37. The maximum Gasteiger partial charge on any atom is 0.344 e. The van der Waals surface area contributed by atoms with Crippen LogP contribution in [0.4, 0.5) is 0 Å². The van der Waals surface area contributed by atoms with Gasteiger partial charge < -0.3 is 9.47 Å². The third-order valence-electron chi connectivity index (χ3n) is 5.56. The first-order valence-electron chi connectivity index (χ1n) is 9.84. The van der Waals surface area contributed by atoms with Crippen molar-refractivity contribution in [3.05, 3.63) is 33.9 Å². The van der Waals surface area contributed by atoms with Gasteiger partial charge in [-0.25, -0.2) is 9.78 Å². The molecule has 0 amide bonds. The van der Waals surface area contributed by atoms with Crippen molar-refractivity contribution in [1.29, 1.82) is 0 Å². The molecule has 1 aromatic heterocycles. The van der Waals surface area contributed by atoms with Crippen molar-refractivity contribution >= 4 is 40.1 Å². The zero-order valence-electron chi connectivity index (χ0n) is 16.8. The summed E-state index contributed by atoms with van der Waals surface area (Å²) >= 11 is 12.6. The van der Waals surface area contributed by atoms with E-state index >= 15 is 0 Å². The molecule has 1 fully saturated rings. The monoisotopic (exact) mass is 423 g/mol. The number of ether oxygens (including phenoxy) is 2. The Labute approximate surface area is 176 Å². The first-order valence-corrected chi connectivity index (χ1v) is 10.6. The van der Waals surface area contributed by atoms with Gasteiger partial charge in [-0.2, -0.15) is 0 Å². The molecule has 3 atom stereocenters. The molecule has 0 saturated heterocycles. The van der Waals surface area contributed by atoms with E-state index in [1.54, 1.807) is 6.07 Å². The maximum atomic E-state index is 12.5. The maximum absolute atomic E-state index is 12.5. The second-order valence-electron chi connectivity index (χ2n) is 8.16. The summed E-state index contributed by atoms with van der Waals surface area (Å²) in [5.74, 6) is 1.42. The number of nitrogens with zero attached hydrogens (tertiary/aromatic N) is 1.